The van der Waals surface area contributed by atoms with Gasteiger partial charge in [-0.05, 0) is 35.9 Å². The minimum absolute atomic E-state index is 0.0624. The smallest absolute Gasteiger partial charge is 0.143 e. The fourth-order valence-corrected chi connectivity index (χ4v) is 2.66. The van der Waals surface area contributed by atoms with Gasteiger partial charge in [0.05, 0.1) is 9.26 Å². The molecule has 16 heavy (non-hydrogen) atoms. The van der Waals surface area contributed by atoms with E-state index in [1.54, 1.807) is 0 Å². The van der Waals surface area contributed by atoms with E-state index in [4.69, 9.17) is 0 Å². The third-order valence-electron chi connectivity index (χ3n) is 2.22. The van der Waals surface area contributed by atoms with E-state index < -0.39 is 0 Å². The molecule has 0 aliphatic carbocycles. The maximum absolute atomic E-state index is 4.55. The Balaban J connectivity index is 3.16. The molecule has 1 heterocycles. The number of nitrogens with zero attached hydrogens (tertiary/aromatic N) is 2. The van der Waals surface area contributed by atoms with Gasteiger partial charge in [-0.3, -0.25) is 0 Å². The monoisotopic (exact) mass is 333 g/mol. The summed E-state index contributed by atoms with van der Waals surface area (Å²) in [6, 6.07) is 0. The molecule has 0 saturated carbocycles. The first-order chi connectivity index (χ1) is 7.36. The molecule has 0 unspecified atom stereocenters. The number of nitrogens with one attached hydrogen (secondary N) is 1. The molecule has 0 aromatic carbocycles. The number of hydrogen-bond donors (Lipinski definition) is 1. The summed E-state index contributed by atoms with van der Waals surface area (Å²) in [5.41, 5.74) is 1.19. The molecule has 0 amide bonds. The van der Waals surface area contributed by atoms with Crippen LogP contribution in [0.4, 0.5) is 5.82 Å². The van der Waals surface area contributed by atoms with Crippen molar-refractivity contribution in [3.05, 3.63) is 15.1 Å². The van der Waals surface area contributed by atoms with Gasteiger partial charge in [0.25, 0.3) is 0 Å². The van der Waals surface area contributed by atoms with Crippen LogP contribution in [0.15, 0.2) is 0 Å². The second-order valence-electron chi connectivity index (χ2n) is 4.96. The predicted molar refractivity (Wildman–Crippen MR) is 77.0 cm³/mol. The van der Waals surface area contributed by atoms with Crippen LogP contribution >= 0.6 is 22.6 Å². The fraction of sp³-hybridized carbons (Fsp3) is 0.667. The van der Waals surface area contributed by atoms with Gasteiger partial charge < -0.3 is 5.32 Å². The summed E-state index contributed by atoms with van der Waals surface area (Å²) in [6.07, 6.45) is 1.10. The first-order valence-corrected chi connectivity index (χ1v) is 6.72. The molecule has 0 saturated heterocycles. The van der Waals surface area contributed by atoms with Crippen molar-refractivity contribution in [2.75, 3.05) is 11.9 Å². The van der Waals surface area contributed by atoms with Gasteiger partial charge in [0.2, 0.25) is 0 Å². The van der Waals surface area contributed by atoms with Crippen LogP contribution in [0.3, 0.4) is 0 Å². The summed E-state index contributed by atoms with van der Waals surface area (Å²) in [5, 5.41) is 3.36. The molecule has 0 fully saturated rings. The third kappa shape index (κ3) is 3.30. The Hall–Kier alpha value is -0.390. The van der Waals surface area contributed by atoms with E-state index in [9.17, 15) is 0 Å². The molecule has 4 heteroatoms. The zero-order valence-electron chi connectivity index (χ0n) is 10.7. The van der Waals surface area contributed by atoms with E-state index in [0.717, 1.165) is 33.9 Å². The molecule has 1 aromatic rings. The summed E-state index contributed by atoms with van der Waals surface area (Å²) in [5.74, 6) is 1.81. The Labute approximate surface area is 112 Å². The summed E-state index contributed by atoms with van der Waals surface area (Å²) >= 11 is 2.34. The highest BCUT2D eigenvalue weighted by Crippen LogP contribution is 2.29. The average molecular weight is 333 g/mol. The molecule has 0 aliphatic rings. The highest BCUT2D eigenvalue weighted by atomic mass is 127. The van der Waals surface area contributed by atoms with Gasteiger partial charge in [-0.15, -0.1) is 0 Å². The molecule has 1 rings (SSSR count). The molecule has 0 radical (unpaired) electrons. The van der Waals surface area contributed by atoms with E-state index >= 15 is 0 Å². The van der Waals surface area contributed by atoms with Crippen LogP contribution in [0.2, 0.25) is 0 Å². The Bertz CT molecular complexity index is 369. The molecule has 90 valence electrons. The highest BCUT2D eigenvalue weighted by Gasteiger charge is 2.22. The second kappa shape index (κ2) is 5.29. The zero-order valence-corrected chi connectivity index (χ0v) is 12.8. The lowest BCUT2D eigenvalue weighted by molar-refractivity contribution is 0.560. The predicted octanol–water partition coefficient (Wildman–Crippen LogP) is 3.51. The van der Waals surface area contributed by atoms with Crippen molar-refractivity contribution in [3.8, 4) is 0 Å². The largest absolute Gasteiger partial charge is 0.369 e. The standard InChI is InChI=1S/C12H20IN3/c1-6-7-14-11-9(13)10(12(3,4)5)15-8(2)16-11/h6-7H2,1-5H3,(H,14,15,16). The van der Waals surface area contributed by atoms with Crippen LogP contribution in [-0.4, -0.2) is 16.5 Å². The van der Waals surface area contributed by atoms with Crippen LogP contribution in [0.1, 0.15) is 45.6 Å². The molecule has 0 atom stereocenters. The lowest BCUT2D eigenvalue weighted by Crippen LogP contribution is -2.19. The van der Waals surface area contributed by atoms with Gasteiger partial charge in [0.15, 0.2) is 0 Å². The summed E-state index contributed by atoms with van der Waals surface area (Å²) in [4.78, 5) is 9.01. The van der Waals surface area contributed by atoms with E-state index in [1.165, 1.54) is 0 Å². The van der Waals surface area contributed by atoms with Gasteiger partial charge in [-0.1, -0.05) is 27.7 Å². The van der Waals surface area contributed by atoms with E-state index in [-0.39, 0.29) is 5.41 Å². The Morgan fingerprint density at radius 1 is 1.25 bits per heavy atom. The Kier molecular flexibility index (Phi) is 4.52. The molecule has 1 aromatic heterocycles. The van der Waals surface area contributed by atoms with E-state index in [2.05, 4.69) is 65.6 Å². The quantitative estimate of drug-likeness (QED) is 0.861. The number of hydrogen-bond acceptors (Lipinski definition) is 3. The SMILES string of the molecule is CCCNc1nc(C)nc(C(C)(C)C)c1I. The van der Waals surface area contributed by atoms with Gasteiger partial charge in [-0.2, -0.15) is 0 Å². The summed E-state index contributed by atoms with van der Waals surface area (Å²) in [6.45, 7) is 11.6. The van der Waals surface area contributed by atoms with Crippen molar-refractivity contribution >= 4 is 28.4 Å². The molecule has 0 aliphatic heterocycles. The molecular formula is C12H20IN3. The number of aromatic nitrogens is 2. The van der Waals surface area contributed by atoms with Gasteiger partial charge in [0, 0.05) is 12.0 Å². The van der Waals surface area contributed by atoms with Crippen molar-refractivity contribution in [2.24, 2.45) is 0 Å². The average Bonchev–Trinajstić information content (AvgIpc) is 2.17. The van der Waals surface area contributed by atoms with E-state index in [1.807, 2.05) is 6.92 Å². The van der Waals surface area contributed by atoms with Gasteiger partial charge in [-0.25, -0.2) is 9.97 Å². The minimum Gasteiger partial charge on any atom is -0.369 e. The van der Waals surface area contributed by atoms with Gasteiger partial charge >= 0.3 is 0 Å². The molecular weight excluding hydrogens is 313 g/mol. The van der Waals surface area contributed by atoms with Crippen LogP contribution in [0.5, 0.6) is 0 Å². The van der Waals surface area contributed by atoms with Gasteiger partial charge in [0.1, 0.15) is 11.6 Å². The minimum atomic E-state index is 0.0624. The van der Waals surface area contributed by atoms with Crippen LogP contribution in [0.25, 0.3) is 0 Å². The van der Waals surface area contributed by atoms with Crippen molar-refractivity contribution in [3.63, 3.8) is 0 Å². The first kappa shape index (κ1) is 13.7. The third-order valence-corrected chi connectivity index (χ3v) is 3.24. The maximum atomic E-state index is 4.55. The normalized spacial score (nSPS) is 11.6. The maximum Gasteiger partial charge on any atom is 0.143 e. The van der Waals surface area contributed by atoms with Crippen molar-refractivity contribution in [1.82, 2.24) is 9.97 Å². The molecule has 1 N–H and O–H groups in total. The van der Waals surface area contributed by atoms with Crippen molar-refractivity contribution in [1.29, 1.82) is 0 Å². The van der Waals surface area contributed by atoms with Crippen LogP contribution in [-0.2, 0) is 5.41 Å². The van der Waals surface area contributed by atoms with E-state index in [0.29, 0.717) is 0 Å². The number of anilines is 1. The van der Waals surface area contributed by atoms with Crippen LogP contribution in [0, 0.1) is 10.5 Å². The fourth-order valence-electron chi connectivity index (χ4n) is 1.42. The van der Waals surface area contributed by atoms with Crippen molar-refractivity contribution in [2.45, 2.75) is 46.5 Å². The number of rotatable bonds is 3. The topological polar surface area (TPSA) is 37.8 Å². The Morgan fingerprint density at radius 2 is 1.88 bits per heavy atom. The lowest BCUT2D eigenvalue weighted by atomic mass is 9.92. The van der Waals surface area contributed by atoms with Crippen LogP contribution < -0.4 is 5.32 Å². The lowest BCUT2D eigenvalue weighted by Gasteiger charge is -2.21. The zero-order chi connectivity index (χ0) is 12.3. The van der Waals surface area contributed by atoms with Crippen molar-refractivity contribution < 1.29 is 0 Å². The molecule has 0 spiro atoms. The second-order valence-corrected chi connectivity index (χ2v) is 6.04. The Morgan fingerprint density at radius 3 is 2.38 bits per heavy atom. The summed E-state index contributed by atoms with van der Waals surface area (Å²) in [7, 11) is 0. The number of aryl methyl sites for hydroxylation is 1. The highest BCUT2D eigenvalue weighted by molar-refractivity contribution is 14.1. The molecule has 0 bridgehead atoms. The summed E-state index contributed by atoms with van der Waals surface area (Å²) < 4.78 is 1.14. The number of halogens is 1. The molecule has 3 nitrogen and oxygen atoms in total. The first-order valence-electron chi connectivity index (χ1n) is 5.64.